The summed E-state index contributed by atoms with van der Waals surface area (Å²) < 4.78 is 6.64. The first kappa shape index (κ1) is 16.2. The van der Waals surface area contributed by atoms with E-state index in [-0.39, 0.29) is 11.4 Å². The van der Waals surface area contributed by atoms with Crippen LogP contribution in [0.5, 0.6) is 0 Å². The summed E-state index contributed by atoms with van der Waals surface area (Å²) in [6, 6.07) is 6.60. The van der Waals surface area contributed by atoms with E-state index in [4.69, 9.17) is 16.0 Å². The Balaban J connectivity index is 2.07. The van der Waals surface area contributed by atoms with Gasteiger partial charge in [0, 0.05) is 5.56 Å². The fraction of sp³-hybridized carbons (Fsp3) is 0.125. The lowest BCUT2D eigenvalue weighted by Crippen LogP contribution is -2.22. The highest BCUT2D eigenvalue weighted by Gasteiger charge is 2.17. The summed E-state index contributed by atoms with van der Waals surface area (Å²) in [5, 5.41) is 10.4. The molecule has 0 fully saturated rings. The molecule has 0 atom stereocenters. The van der Waals surface area contributed by atoms with Crippen molar-refractivity contribution < 1.29 is 14.1 Å². The molecule has 3 amide bonds. The van der Waals surface area contributed by atoms with Gasteiger partial charge in [-0.1, -0.05) is 17.3 Å². The maximum Gasteiger partial charge on any atom is 0.316 e. The van der Waals surface area contributed by atoms with Gasteiger partial charge in [-0.25, -0.2) is 9.48 Å². The summed E-state index contributed by atoms with van der Waals surface area (Å²) in [4.78, 5) is 22.6. The van der Waals surface area contributed by atoms with Crippen LogP contribution in [0.3, 0.4) is 0 Å². The van der Waals surface area contributed by atoms with E-state index in [2.05, 4.69) is 15.6 Å². The predicted octanol–water partition coefficient (Wildman–Crippen LogP) is 1.73. The van der Waals surface area contributed by atoms with Gasteiger partial charge in [-0.2, -0.15) is 5.10 Å². The van der Waals surface area contributed by atoms with E-state index >= 15 is 0 Å². The van der Waals surface area contributed by atoms with E-state index in [1.807, 2.05) is 32.0 Å². The lowest BCUT2D eigenvalue weighted by Gasteiger charge is -2.05. The van der Waals surface area contributed by atoms with E-state index in [1.54, 1.807) is 6.07 Å². The molecule has 0 radical (unpaired) electrons. The summed E-state index contributed by atoms with van der Waals surface area (Å²) in [7, 11) is 0. The van der Waals surface area contributed by atoms with Crippen molar-refractivity contribution in [3.63, 3.8) is 0 Å². The number of urea groups is 1. The summed E-state index contributed by atoms with van der Waals surface area (Å²) in [6.45, 7) is 3.68. The molecule has 25 heavy (non-hydrogen) atoms. The first-order valence-electron chi connectivity index (χ1n) is 7.36. The molecule has 3 aromatic rings. The molecule has 9 nitrogen and oxygen atoms in total. The van der Waals surface area contributed by atoms with Gasteiger partial charge >= 0.3 is 6.03 Å². The molecule has 0 aliphatic rings. The molecule has 0 unspecified atom stereocenters. The number of aromatic nitrogens is 3. The zero-order chi connectivity index (χ0) is 18.1. The number of amides is 3. The van der Waals surface area contributed by atoms with Gasteiger partial charge in [0.15, 0.2) is 5.69 Å². The number of nitrogens with two attached hydrogens (primary N) is 2. The third-order valence-electron chi connectivity index (χ3n) is 3.64. The van der Waals surface area contributed by atoms with Gasteiger partial charge in [-0.15, -0.1) is 0 Å². The van der Waals surface area contributed by atoms with E-state index < -0.39 is 11.9 Å². The maximum absolute atomic E-state index is 11.5. The zero-order valence-corrected chi connectivity index (χ0v) is 13.6. The average molecular weight is 340 g/mol. The van der Waals surface area contributed by atoms with E-state index in [9.17, 15) is 9.59 Å². The summed E-state index contributed by atoms with van der Waals surface area (Å²) >= 11 is 0. The number of nitrogens with one attached hydrogen (secondary N) is 1. The first-order chi connectivity index (χ1) is 11.9. The summed E-state index contributed by atoms with van der Waals surface area (Å²) in [5.41, 5.74) is 13.7. The molecule has 0 bridgehead atoms. The Labute approximate surface area is 142 Å². The Morgan fingerprint density at radius 3 is 2.60 bits per heavy atom. The van der Waals surface area contributed by atoms with Crippen LogP contribution < -0.4 is 16.8 Å². The minimum atomic E-state index is -0.813. The van der Waals surface area contributed by atoms with Crippen molar-refractivity contribution >= 4 is 17.6 Å². The Kier molecular flexibility index (Phi) is 3.97. The lowest BCUT2D eigenvalue weighted by atomic mass is 10.0. The van der Waals surface area contributed by atoms with Crippen molar-refractivity contribution in [2.75, 3.05) is 5.32 Å². The Bertz CT molecular complexity index is 953. The van der Waals surface area contributed by atoms with Crippen molar-refractivity contribution in [2.24, 2.45) is 11.5 Å². The lowest BCUT2D eigenvalue weighted by molar-refractivity contribution is 0.0996. The van der Waals surface area contributed by atoms with Crippen molar-refractivity contribution in [1.82, 2.24) is 14.9 Å². The normalized spacial score (nSPS) is 10.6. The second-order valence-electron chi connectivity index (χ2n) is 5.44. The van der Waals surface area contributed by atoms with E-state index in [0.29, 0.717) is 11.4 Å². The fourth-order valence-corrected chi connectivity index (χ4v) is 2.61. The minimum Gasteiger partial charge on any atom is -0.364 e. The number of primary amides is 2. The molecule has 5 N–H and O–H groups in total. The van der Waals surface area contributed by atoms with Crippen molar-refractivity contribution in [1.29, 1.82) is 0 Å². The number of hydrogen-bond donors (Lipinski definition) is 3. The number of aryl methyl sites for hydroxylation is 2. The second-order valence-corrected chi connectivity index (χ2v) is 5.44. The predicted molar refractivity (Wildman–Crippen MR) is 90.3 cm³/mol. The highest BCUT2D eigenvalue weighted by molar-refractivity contribution is 6.00. The van der Waals surface area contributed by atoms with Crippen LogP contribution in [0.1, 0.15) is 21.9 Å². The van der Waals surface area contributed by atoms with Crippen molar-refractivity contribution in [3.8, 4) is 16.8 Å². The summed E-state index contributed by atoms with van der Waals surface area (Å²) in [5.74, 6) is -0.0756. The summed E-state index contributed by atoms with van der Waals surface area (Å²) in [6.07, 6.45) is 1.47. The second kappa shape index (κ2) is 6.11. The van der Waals surface area contributed by atoms with Crippen LogP contribution in [-0.4, -0.2) is 26.9 Å². The van der Waals surface area contributed by atoms with Crippen molar-refractivity contribution in [2.45, 2.75) is 13.8 Å². The van der Waals surface area contributed by atoms with Gasteiger partial charge in [0.05, 0.1) is 23.3 Å². The average Bonchev–Trinajstić information content (AvgIpc) is 3.11. The molecule has 2 aromatic heterocycles. The van der Waals surface area contributed by atoms with Gasteiger partial charge in [0.25, 0.3) is 5.91 Å². The number of carbonyl (C=O) groups is 2. The Morgan fingerprint density at radius 1 is 1.24 bits per heavy atom. The topological polar surface area (TPSA) is 142 Å². The standard InChI is InChI=1S/C16H16N6O3/c1-8-13(9(2)25-21-8)10-4-3-5-11(6-10)22-7-12(19-16(18)24)14(20-22)15(17)23/h3-7H,1-2H3,(H2,17,23)(H3,18,19,24). The zero-order valence-electron chi connectivity index (χ0n) is 13.6. The highest BCUT2D eigenvalue weighted by atomic mass is 16.5. The van der Waals surface area contributed by atoms with Crippen molar-refractivity contribution in [3.05, 3.63) is 47.6 Å². The third-order valence-corrected chi connectivity index (χ3v) is 3.64. The molecule has 128 valence electrons. The van der Waals surface area contributed by atoms with Crippen LogP contribution in [0.25, 0.3) is 16.8 Å². The molecule has 0 aliphatic carbocycles. The van der Waals surface area contributed by atoms with E-state index in [1.165, 1.54) is 10.9 Å². The molecule has 3 rings (SSSR count). The fourth-order valence-electron chi connectivity index (χ4n) is 2.61. The van der Waals surface area contributed by atoms with Gasteiger partial charge in [0.1, 0.15) is 5.76 Å². The molecule has 0 saturated heterocycles. The smallest absolute Gasteiger partial charge is 0.316 e. The first-order valence-corrected chi connectivity index (χ1v) is 7.36. The molecular weight excluding hydrogens is 324 g/mol. The van der Waals surface area contributed by atoms with Gasteiger partial charge < -0.3 is 21.3 Å². The number of rotatable bonds is 4. The molecule has 9 heteroatoms. The Morgan fingerprint density at radius 2 is 2.00 bits per heavy atom. The Hall–Kier alpha value is -3.62. The van der Waals surface area contributed by atoms with Crippen LogP contribution in [-0.2, 0) is 0 Å². The maximum atomic E-state index is 11.5. The molecule has 0 saturated carbocycles. The third kappa shape index (κ3) is 3.07. The molecule has 0 aliphatic heterocycles. The van der Waals surface area contributed by atoms with Crippen LogP contribution >= 0.6 is 0 Å². The minimum absolute atomic E-state index is 0.0819. The molecule has 1 aromatic carbocycles. The van der Waals surface area contributed by atoms with Gasteiger partial charge in [-0.05, 0) is 31.5 Å². The van der Waals surface area contributed by atoms with Crippen LogP contribution in [0.15, 0.2) is 35.0 Å². The molecular formula is C16H16N6O3. The van der Waals surface area contributed by atoms with Gasteiger partial charge in [-0.3, -0.25) is 4.79 Å². The van der Waals surface area contributed by atoms with Crippen LogP contribution in [0, 0.1) is 13.8 Å². The largest absolute Gasteiger partial charge is 0.364 e. The van der Waals surface area contributed by atoms with E-state index in [0.717, 1.165) is 16.8 Å². The number of carbonyl (C=O) groups excluding carboxylic acids is 2. The quantitative estimate of drug-likeness (QED) is 0.663. The highest BCUT2D eigenvalue weighted by Crippen LogP contribution is 2.28. The number of benzene rings is 1. The number of hydrogen-bond acceptors (Lipinski definition) is 5. The SMILES string of the molecule is Cc1noc(C)c1-c1cccc(-n2cc(NC(N)=O)c(C(N)=O)n2)c1. The number of nitrogens with zero attached hydrogens (tertiary/aromatic N) is 3. The van der Waals surface area contributed by atoms with Crippen LogP contribution in [0.4, 0.5) is 10.5 Å². The van der Waals surface area contributed by atoms with Crippen LogP contribution in [0.2, 0.25) is 0 Å². The monoisotopic (exact) mass is 340 g/mol. The molecule has 2 heterocycles. The van der Waals surface area contributed by atoms with Gasteiger partial charge in [0.2, 0.25) is 0 Å². The molecule has 0 spiro atoms. The number of anilines is 1.